The van der Waals surface area contributed by atoms with Gasteiger partial charge in [-0.3, -0.25) is 0 Å². The van der Waals surface area contributed by atoms with Gasteiger partial charge in [0.25, 0.3) is 0 Å². The van der Waals surface area contributed by atoms with Gasteiger partial charge in [-0.2, -0.15) is 0 Å². The van der Waals surface area contributed by atoms with Crippen LogP contribution in [0.15, 0.2) is 24.8 Å². The number of para-hydroxylation sites is 1. The third kappa shape index (κ3) is 1.48. The molecule has 2 heteroatoms. The number of hydrogen-bond donors (Lipinski definition) is 2. The molecule has 12 heavy (non-hydrogen) atoms. The molecule has 1 aromatic carbocycles. The molecule has 0 amide bonds. The van der Waals surface area contributed by atoms with E-state index >= 15 is 0 Å². The fourth-order valence-electron chi connectivity index (χ4n) is 1.06. The lowest BCUT2D eigenvalue weighted by Crippen LogP contribution is -1.87. The maximum absolute atomic E-state index is 9.54. The minimum absolute atomic E-state index is 0.132. The van der Waals surface area contributed by atoms with Gasteiger partial charge in [0.1, 0.15) is 5.75 Å². The number of rotatable bonds is 2. The molecule has 0 saturated heterocycles. The molecule has 0 saturated carbocycles. The standard InChI is InChI=1S/C10H12O2/c1-7(2)9-5-3-4-8(6-11)10(9)12/h3-5,11-12H,1,6H2,2H3. The van der Waals surface area contributed by atoms with E-state index in [1.54, 1.807) is 18.2 Å². The average Bonchev–Trinajstić information content (AvgIpc) is 2.04. The van der Waals surface area contributed by atoms with Crippen molar-refractivity contribution in [1.82, 2.24) is 0 Å². The number of aliphatic hydroxyl groups is 1. The molecule has 0 aliphatic carbocycles. The number of allylic oxidation sites excluding steroid dienone is 1. The summed E-state index contributed by atoms with van der Waals surface area (Å²) in [5.41, 5.74) is 2.03. The van der Waals surface area contributed by atoms with E-state index in [-0.39, 0.29) is 12.4 Å². The molecule has 0 fully saturated rings. The molecular formula is C10H12O2. The summed E-state index contributed by atoms with van der Waals surface area (Å²) in [5.74, 6) is 0.132. The van der Waals surface area contributed by atoms with Gasteiger partial charge in [0.15, 0.2) is 0 Å². The Morgan fingerprint density at radius 2 is 2.17 bits per heavy atom. The highest BCUT2D eigenvalue weighted by Gasteiger charge is 2.05. The molecule has 64 valence electrons. The van der Waals surface area contributed by atoms with Gasteiger partial charge >= 0.3 is 0 Å². The Bertz CT molecular complexity index is 303. The lowest BCUT2D eigenvalue weighted by molar-refractivity contribution is 0.275. The van der Waals surface area contributed by atoms with E-state index in [0.717, 1.165) is 5.57 Å². The highest BCUT2D eigenvalue weighted by molar-refractivity contribution is 5.68. The average molecular weight is 164 g/mol. The van der Waals surface area contributed by atoms with Crippen LogP contribution in [0.5, 0.6) is 5.75 Å². The lowest BCUT2D eigenvalue weighted by atomic mass is 10.0. The van der Waals surface area contributed by atoms with Crippen LogP contribution in [0.2, 0.25) is 0 Å². The normalized spacial score (nSPS) is 9.83. The number of aromatic hydroxyl groups is 1. The van der Waals surface area contributed by atoms with Crippen molar-refractivity contribution in [1.29, 1.82) is 0 Å². The first-order valence-electron chi connectivity index (χ1n) is 3.74. The topological polar surface area (TPSA) is 40.5 Å². The summed E-state index contributed by atoms with van der Waals surface area (Å²) in [7, 11) is 0. The minimum Gasteiger partial charge on any atom is -0.507 e. The molecule has 1 rings (SSSR count). The number of aliphatic hydroxyl groups excluding tert-OH is 1. The number of benzene rings is 1. The molecule has 0 heterocycles. The zero-order valence-corrected chi connectivity index (χ0v) is 7.04. The summed E-state index contributed by atoms with van der Waals surface area (Å²) in [6, 6.07) is 5.24. The zero-order chi connectivity index (χ0) is 9.14. The van der Waals surface area contributed by atoms with E-state index in [4.69, 9.17) is 5.11 Å². The summed E-state index contributed by atoms with van der Waals surface area (Å²) >= 11 is 0. The van der Waals surface area contributed by atoms with E-state index in [2.05, 4.69) is 6.58 Å². The Morgan fingerprint density at radius 1 is 1.50 bits per heavy atom. The monoisotopic (exact) mass is 164 g/mol. The molecule has 0 bridgehead atoms. The van der Waals surface area contributed by atoms with E-state index in [1.165, 1.54) is 0 Å². The highest BCUT2D eigenvalue weighted by Crippen LogP contribution is 2.27. The maximum atomic E-state index is 9.54. The fraction of sp³-hybridized carbons (Fsp3) is 0.200. The van der Waals surface area contributed by atoms with Crippen molar-refractivity contribution in [2.24, 2.45) is 0 Å². The van der Waals surface area contributed by atoms with Crippen molar-refractivity contribution in [3.63, 3.8) is 0 Å². The Hall–Kier alpha value is -1.28. The largest absolute Gasteiger partial charge is 0.507 e. The van der Waals surface area contributed by atoms with Crippen LogP contribution in [0.3, 0.4) is 0 Å². The Labute approximate surface area is 71.8 Å². The molecule has 0 aliphatic rings. The molecular weight excluding hydrogens is 152 g/mol. The molecule has 0 unspecified atom stereocenters. The van der Waals surface area contributed by atoms with Crippen LogP contribution in [-0.2, 0) is 6.61 Å². The second kappa shape index (κ2) is 3.41. The van der Waals surface area contributed by atoms with Crippen molar-refractivity contribution >= 4 is 5.57 Å². The van der Waals surface area contributed by atoms with Crippen LogP contribution < -0.4 is 0 Å². The first-order valence-corrected chi connectivity index (χ1v) is 3.74. The lowest BCUT2D eigenvalue weighted by Gasteiger charge is -2.06. The van der Waals surface area contributed by atoms with Gasteiger partial charge < -0.3 is 10.2 Å². The maximum Gasteiger partial charge on any atom is 0.128 e. The number of phenols is 1. The van der Waals surface area contributed by atoms with E-state index in [0.29, 0.717) is 11.1 Å². The Kier molecular flexibility index (Phi) is 2.51. The van der Waals surface area contributed by atoms with E-state index in [9.17, 15) is 5.11 Å². The number of hydrogen-bond acceptors (Lipinski definition) is 2. The molecule has 2 nitrogen and oxygen atoms in total. The molecule has 0 aromatic heterocycles. The molecule has 0 aliphatic heterocycles. The fourth-order valence-corrected chi connectivity index (χ4v) is 1.06. The van der Waals surface area contributed by atoms with Crippen LogP contribution >= 0.6 is 0 Å². The van der Waals surface area contributed by atoms with Gasteiger partial charge in [-0.1, -0.05) is 24.8 Å². The van der Waals surface area contributed by atoms with Crippen molar-refractivity contribution in [3.8, 4) is 5.75 Å². The molecule has 1 aromatic rings. The predicted molar refractivity (Wildman–Crippen MR) is 48.7 cm³/mol. The van der Waals surface area contributed by atoms with Gasteiger partial charge in [0.05, 0.1) is 6.61 Å². The van der Waals surface area contributed by atoms with Crippen molar-refractivity contribution < 1.29 is 10.2 Å². The summed E-state index contributed by atoms with van der Waals surface area (Å²) in [6.45, 7) is 5.39. The van der Waals surface area contributed by atoms with E-state index < -0.39 is 0 Å². The molecule has 2 N–H and O–H groups in total. The van der Waals surface area contributed by atoms with Crippen LogP contribution in [0.1, 0.15) is 18.1 Å². The van der Waals surface area contributed by atoms with Gasteiger partial charge in [0.2, 0.25) is 0 Å². The van der Waals surface area contributed by atoms with Crippen LogP contribution in [0.25, 0.3) is 5.57 Å². The van der Waals surface area contributed by atoms with Crippen molar-refractivity contribution in [3.05, 3.63) is 35.9 Å². The zero-order valence-electron chi connectivity index (χ0n) is 7.04. The van der Waals surface area contributed by atoms with Crippen molar-refractivity contribution in [2.45, 2.75) is 13.5 Å². The van der Waals surface area contributed by atoms with Crippen LogP contribution in [0, 0.1) is 0 Å². The quantitative estimate of drug-likeness (QED) is 0.701. The summed E-state index contributed by atoms with van der Waals surface area (Å²) in [4.78, 5) is 0. The molecule has 0 radical (unpaired) electrons. The Morgan fingerprint density at radius 3 is 2.67 bits per heavy atom. The predicted octanol–water partition coefficient (Wildman–Crippen LogP) is 1.92. The first-order chi connectivity index (χ1) is 5.66. The van der Waals surface area contributed by atoms with Gasteiger partial charge in [-0.15, -0.1) is 0 Å². The smallest absolute Gasteiger partial charge is 0.128 e. The molecule has 0 spiro atoms. The third-order valence-corrected chi connectivity index (χ3v) is 1.75. The summed E-state index contributed by atoms with van der Waals surface area (Å²) < 4.78 is 0. The summed E-state index contributed by atoms with van der Waals surface area (Å²) in [6.07, 6.45) is 0. The van der Waals surface area contributed by atoms with E-state index in [1.807, 2.05) is 6.92 Å². The second-order valence-electron chi connectivity index (χ2n) is 2.75. The third-order valence-electron chi connectivity index (χ3n) is 1.75. The minimum atomic E-state index is -0.146. The first kappa shape index (κ1) is 8.81. The SMILES string of the molecule is C=C(C)c1cccc(CO)c1O. The van der Waals surface area contributed by atoms with Crippen LogP contribution in [-0.4, -0.2) is 10.2 Å². The van der Waals surface area contributed by atoms with Crippen LogP contribution in [0.4, 0.5) is 0 Å². The summed E-state index contributed by atoms with van der Waals surface area (Å²) in [5, 5.41) is 18.4. The highest BCUT2D eigenvalue weighted by atomic mass is 16.3. The Balaban J connectivity index is 3.23. The van der Waals surface area contributed by atoms with Crippen molar-refractivity contribution in [2.75, 3.05) is 0 Å². The van der Waals surface area contributed by atoms with Gasteiger partial charge in [-0.25, -0.2) is 0 Å². The molecule has 0 atom stereocenters. The van der Waals surface area contributed by atoms with Gasteiger partial charge in [-0.05, 0) is 12.5 Å². The second-order valence-corrected chi connectivity index (χ2v) is 2.75. The van der Waals surface area contributed by atoms with Gasteiger partial charge in [0, 0.05) is 11.1 Å².